The molecule has 0 aromatic heterocycles. The Morgan fingerprint density at radius 1 is 0.419 bits per heavy atom. The van der Waals surface area contributed by atoms with Gasteiger partial charge in [-0.1, -0.05) is 122 Å². The van der Waals surface area contributed by atoms with Crippen LogP contribution in [0.5, 0.6) is 0 Å². The van der Waals surface area contributed by atoms with Crippen LogP contribution in [0.4, 0.5) is 0 Å². The van der Waals surface area contributed by atoms with Crippen molar-refractivity contribution in [3.63, 3.8) is 0 Å². The smallest absolute Gasteiger partial charge is 0.102 e. The number of halogens is 1. The third-order valence-corrected chi connectivity index (χ3v) is 6.83. The van der Waals surface area contributed by atoms with Gasteiger partial charge in [-0.25, -0.2) is 0 Å². The van der Waals surface area contributed by atoms with Crippen LogP contribution >= 0.6 is 0 Å². The van der Waals surface area contributed by atoms with Crippen molar-refractivity contribution < 1.29 is 27.1 Å². The van der Waals surface area contributed by atoms with Gasteiger partial charge in [0.05, 0.1) is 26.8 Å². The molecule has 0 aromatic carbocycles. The minimum absolute atomic E-state index is 0. The van der Waals surface area contributed by atoms with Gasteiger partial charge in [0.15, 0.2) is 0 Å². The van der Waals surface area contributed by atoms with Crippen molar-refractivity contribution >= 4 is 0 Å². The quantitative estimate of drug-likeness (QED) is 0.157. The first kappa shape index (κ1) is 33.3. The average Bonchev–Trinajstić information content (AvgIpc) is 2.72. The first-order chi connectivity index (χ1) is 14.7. The van der Waals surface area contributed by atoms with Crippen molar-refractivity contribution in [2.45, 2.75) is 135 Å². The van der Waals surface area contributed by atoms with Crippen LogP contribution in [-0.2, 0) is 0 Å². The second-order valence-corrected chi connectivity index (χ2v) is 9.96. The predicted octanol–water partition coefficient (Wildman–Crippen LogP) is 4.24. The molecule has 0 radical (unpaired) electrons. The van der Waals surface area contributed by atoms with E-state index in [4.69, 9.17) is 0 Å². The summed E-state index contributed by atoms with van der Waals surface area (Å²) in [6.45, 7) is 5.34. The lowest BCUT2D eigenvalue weighted by Crippen LogP contribution is -3.00. The molecule has 0 aromatic rings. The Balaban J connectivity index is 0. The largest absolute Gasteiger partial charge is 1.00 e. The zero-order chi connectivity index (χ0) is 22.2. The molecule has 2 N–H and O–H groups in total. The van der Waals surface area contributed by atoms with Crippen molar-refractivity contribution in [1.82, 2.24) is 0 Å². The van der Waals surface area contributed by atoms with Crippen molar-refractivity contribution in [3.05, 3.63) is 0 Å². The Labute approximate surface area is 202 Å². The van der Waals surface area contributed by atoms with Gasteiger partial charge >= 0.3 is 0 Å². The molecular weight excluding hydrogens is 406 g/mol. The maximum Gasteiger partial charge on any atom is 0.102 e. The number of unbranched alkanes of at least 4 members (excludes halogenated alkanes) is 19. The number of rotatable bonds is 25. The van der Waals surface area contributed by atoms with E-state index < -0.39 is 0 Å². The molecular formula is C27H58ClNO2. The lowest BCUT2D eigenvalue weighted by atomic mass is 10.0. The first-order valence-corrected chi connectivity index (χ1v) is 13.7. The summed E-state index contributed by atoms with van der Waals surface area (Å²) >= 11 is 0. The monoisotopic (exact) mass is 463 g/mol. The van der Waals surface area contributed by atoms with Gasteiger partial charge in [0.2, 0.25) is 0 Å². The van der Waals surface area contributed by atoms with Crippen LogP contribution in [0.15, 0.2) is 0 Å². The minimum atomic E-state index is 0. The van der Waals surface area contributed by atoms with Crippen LogP contribution in [0.2, 0.25) is 0 Å². The number of quaternary nitrogens is 1. The van der Waals surface area contributed by atoms with Gasteiger partial charge in [-0.05, 0) is 12.8 Å². The SMILES string of the molecule is CCCCCCCCCCCCCCCCCCCCCC[N+](C)(CCO)CCO.[Cl-]. The summed E-state index contributed by atoms with van der Waals surface area (Å²) in [7, 11) is 2.15. The lowest BCUT2D eigenvalue weighted by molar-refractivity contribution is -0.910. The molecule has 0 aliphatic carbocycles. The third kappa shape index (κ3) is 24.6. The van der Waals surface area contributed by atoms with Gasteiger partial charge in [0, 0.05) is 0 Å². The summed E-state index contributed by atoms with van der Waals surface area (Å²) in [6, 6.07) is 0. The number of aliphatic hydroxyl groups is 2. The minimum Gasteiger partial charge on any atom is -1.00 e. The standard InChI is InChI=1S/C27H58NO2.ClH/c1-3-4-5-6-7-8-9-10-11-12-13-14-15-16-17-18-19-20-21-22-23-28(2,24-26-29)25-27-30;/h29-30H,3-27H2,1-2H3;1H/q+1;/p-1. The molecule has 31 heavy (non-hydrogen) atoms. The maximum absolute atomic E-state index is 9.20. The number of aliphatic hydroxyl groups excluding tert-OH is 2. The van der Waals surface area contributed by atoms with Crippen LogP contribution < -0.4 is 12.4 Å². The van der Waals surface area contributed by atoms with Crippen LogP contribution in [0.25, 0.3) is 0 Å². The molecule has 0 heterocycles. The van der Waals surface area contributed by atoms with Gasteiger partial charge in [-0.2, -0.15) is 0 Å². The van der Waals surface area contributed by atoms with Crippen molar-refractivity contribution in [3.8, 4) is 0 Å². The van der Waals surface area contributed by atoms with Gasteiger partial charge in [0.25, 0.3) is 0 Å². The molecule has 0 rings (SSSR count). The Kier molecular flexibility index (Phi) is 28.4. The summed E-state index contributed by atoms with van der Waals surface area (Å²) in [6.07, 6.45) is 28.3. The number of hydrogen-bond acceptors (Lipinski definition) is 2. The van der Waals surface area contributed by atoms with Gasteiger partial charge in [-0.3, -0.25) is 0 Å². The molecule has 0 atom stereocenters. The Morgan fingerprint density at radius 2 is 0.677 bits per heavy atom. The summed E-state index contributed by atoms with van der Waals surface area (Å²) in [5.41, 5.74) is 0. The average molecular weight is 464 g/mol. The molecule has 0 fully saturated rings. The summed E-state index contributed by atoms with van der Waals surface area (Å²) in [4.78, 5) is 0. The van der Waals surface area contributed by atoms with E-state index in [0.29, 0.717) is 0 Å². The lowest BCUT2D eigenvalue weighted by Gasteiger charge is -2.33. The molecule has 0 spiro atoms. The van der Waals surface area contributed by atoms with Gasteiger partial charge in [-0.15, -0.1) is 0 Å². The number of hydrogen-bond donors (Lipinski definition) is 2. The topological polar surface area (TPSA) is 40.5 Å². The van der Waals surface area contributed by atoms with E-state index >= 15 is 0 Å². The molecule has 0 amide bonds. The Bertz CT molecular complexity index is 322. The summed E-state index contributed by atoms with van der Waals surface area (Å²) in [5, 5.41) is 18.4. The fourth-order valence-electron chi connectivity index (χ4n) is 4.57. The Hall–Kier alpha value is 0.170. The highest BCUT2D eigenvalue weighted by Crippen LogP contribution is 2.15. The van der Waals surface area contributed by atoms with Crippen molar-refractivity contribution in [1.29, 1.82) is 0 Å². The molecule has 4 heteroatoms. The molecule has 0 bridgehead atoms. The van der Waals surface area contributed by atoms with Crippen LogP contribution in [0.3, 0.4) is 0 Å². The van der Waals surface area contributed by atoms with E-state index in [9.17, 15) is 10.2 Å². The van der Waals surface area contributed by atoms with Crippen LogP contribution in [0, 0.1) is 0 Å². The fraction of sp³-hybridized carbons (Fsp3) is 1.00. The van der Waals surface area contributed by atoms with Crippen LogP contribution in [-0.4, -0.2) is 54.6 Å². The summed E-state index contributed by atoms with van der Waals surface area (Å²) < 4.78 is 0.812. The summed E-state index contributed by atoms with van der Waals surface area (Å²) in [5.74, 6) is 0. The zero-order valence-electron chi connectivity index (χ0n) is 21.4. The highest BCUT2D eigenvalue weighted by atomic mass is 35.5. The third-order valence-electron chi connectivity index (χ3n) is 6.83. The Morgan fingerprint density at radius 3 is 0.935 bits per heavy atom. The highest BCUT2D eigenvalue weighted by Gasteiger charge is 2.19. The molecule has 0 aliphatic heterocycles. The van der Waals surface area contributed by atoms with Gasteiger partial charge < -0.3 is 27.1 Å². The van der Waals surface area contributed by atoms with E-state index in [-0.39, 0.29) is 25.6 Å². The van der Waals surface area contributed by atoms with Gasteiger partial charge in [0.1, 0.15) is 13.1 Å². The molecule has 0 unspecified atom stereocenters. The number of nitrogens with zero attached hydrogens (tertiary/aromatic N) is 1. The maximum atomic E-state index is 9.20. The van der Waals surface area contributed by atoms with E-state index in [1.165, 1.54) is 128 Å². The second kappa shape index (κ2) is 26.4. The van der Waals surface area contributed by atoms with E-state index in [0.717, 1.165) is 24.1 Å². The number of likely N-dealkylation sites (N-methyl/N-ethyl adjacent to an activating group) is 1. The zero-order valence-corrected chi connectivity index (χ0v) is 22.2. The molecule has 190 valence electrons. The first-order valence-electron chi connectivity index (χ1n) is 13.7. The molecule has 0 saturated carbocycles. The van der Waals surface area contributed by atoms with E-state index in [1.54, 1.807) is 0 Å². The van der Waals surface area contributed by atoms with E-state index in [1.807, 2.05) is 0 Å². The van der Waals surface area contributed by atoms with Crippen LogP contribution in [0.1, 0.15) is 135 Å². The fourth-order valence-corrected chi connectivity index (χ4v) is 4.57. The normalized spacial score (nSPS) is 11.6. The highest BCUT2D eigenvalue weighted by molar-refractivity contribution is 4.51. The molecule has 0 saturated heterocycles. The predicted molar refractivity (Wildman–Crippen MR) is 133 cm³/mol. The van der Waals surface area contributed by atoms with E-state index in [2.05, 4.69) is 14.0 Å². The van der Waals surface area contributed by atoms with Crippen molar-refractivity contribution in [2.75, 3.05) is 39.9 Å². The second-order valence-electron chi connectivity index (χ2n) is 9.96. The van der Waals surface area contributed by atoms with Crippen molar-refractivity contribution in [2.24, 2.45) is 0 Å². The molecule has 0 aliphatic rings. The molecule has 3 nitrogen and oxygen atoms in total.